The predicted molar refractivity (Wildman–Crippen MR) is 121 cm³/mol. The molecular weight excluding hydrogens is 452 g/mol. The average molecular weight is 476 g/mol. The average Bonchev–Trinajstić information content (AvgIpc) is 2.83. The third kappa shape index (κ3) is 5.23. The van der Waals surface area contributed by atoms with E-state index < -0.39 is 17.6 Å². The lowest BCUT2D eigenvalue weighted by atomic mass is 10.1. The molecule has 0 N–H and O–H groups in total. The first-order valence-electron chi connectivity index (χ1n) is 10.5. The number of nitrogens with zero attached hydrogens (tertiary/aromatic N) is 3. The van der Waals surface area contributed by atoms with E-state index in [2.05, 4.69) is 9.88 Å². The first-order chi connectivity index (χ1) is 16.0. The van der Waals surface area contributed by atoms with E-state index in [-0.39, 0.29) is 22.4 Å². The zero-order chi connectivity index (χ0) is 23.4. The molecule has 4 rings (SSSR count). The van der Waals surface area contributed by atoms with Gasteiger partial charge in [-0.15, -0.1) is 0 Å². The Balaban J connectivity index is 1.70. The maximum absolute atomic E-state index is 14.1. The molecule has 1 aliphatic heterocycles. The number of methoxy groups -OCH3 is 1. The number of carbonyl (C=O) groups excluding carboxylic acids is 1. The van der Waals surface area contributed by atoms with Gasteiger partial charge in [-0.3, -0.25) is 14.3 Å². The molecule has 0 spiro atoms. The molecule has 1 saturated heterocycles. The van der Waals surface area contributed by atoms with Gasteiger partial charge in [0.1, 0.15) is 11.6 Å². The molecule has 1 aliphatic rings. The smallest absolute Gasteiger partial charge is 0.337 e. The second-order valence-corrected chi connectivity index (χ2v) is 8.46. The molecule has 174 valence electrons. The van der Waals surface area contributed by atoms with Crippen molar-refractivity contribution in [3.63, 3.8) is 0 Å². The van der Waals surface area contributed by atoms with Crippen LogP contribution in [0.15, 0.2) is 46.3 Å². The summed E-state index contributed by atoms with van der Waals surface area (Å²) in [7, 11) is 1.27. The molecule has 1 fully saturated rings. The van der Waals surface area contributed by atoms with Crippen LogP contribution in [0.2, 0.25) is 0 Å². The minimum absolute atomic E-state index is 0.0370. The maximum atomic E-state index is 14.1. The van der Waals surface area contributed by atoms with Gasteiger partial charge in [-0.2, -0.15) is 0 Å². The highest BCUT2D eigenvalue weighted by molar-refractivity contribution is 7.98. The molecule has 2 aromatic carbocycles. The summed E-state index contributed by atoms with van der Waals surface area (Å²) < 4.78 is 39.9. The Morgan fingerprint density at radius 1 is 1.15 bits per heavy atom. The Labute approximate surface area is 193 Å². The lowest BCUT2D eigenvalue weighted by Crippen LogP contribution is -2.39. The van der Waals surface area contributed by atoms with E-state index in [0.717, 1.165) is 24.9 Å². The number of ether oxygens (including phenoxy) is 2. The second kappa shape index (κ2) is 10.4. The van der Waals surface area contributed by atoms with Crippen LogP contribution in [-0.4, -0.2) is 60.4 Å². The summed E-state index contributed by atoms with van der Waals surface area (Å²) in [6, 6.07) is 8.25. The highest BCUT2D eigenvalue weighted by atomic mass is 32.2. The number of rotatable bonds is 7. The summed E-state index contributed by atoms with van der Waals surface area (Å²) >= 11 is 1.08. The Morgan fingerprint density at radius 2 is 1.88 bits per heavy atom. The standard InChI is InChI=1S/C23H23F2N3O4S/c1-31-22(30)15-5-6-16-20(13-15)26-23(33-14-17-18(24)3-2-4-19(17)25)28(21(16)29)8-7-27-9-11-32-12-10-27/h2-6,13H,7-12,14H2,1H3. The van der Waals surface area contributed by atoms with Crippen molar-refractivity contribution >= 4 is 28.6 Å². The van der Waals surface area contributed by atoms with Crippen LogP contribution in [0.4, 0.5) is 8.78 Å². The van der Waals surface area contributed by atoms with E-state index in [9.17, 15) is 18.4 Å². The van der Waals surface area contributed by atoms with Gasteiger partial charge < -0.3 is 9.47 Å². The van der Waals surface area contributed by atoms with Gasteiger partial charge in [0, 0.05) is 37.5 Å². The van der Waals surface area contributed by atoms with Crippen LogP contribution in [0.1, 0.15) is 15.9 Å². The first kappa shape index (κ1) is 23.3. The predicted octanol–water partition coefficient (Wildman–Crippen LogP) is 3.09. The topological polar surface area (TPSA) is 73.7 Å². The Hall–Kier alpha value is -2.82. The Kier molecular flexibility index (Phi) is 7.36. The largest absolute Gasteiger partial charge is 0.465 e. The van der Waals surface area contributed by atoms with E-state index in [4.69, 9.17) is 9.47 Å². The summed E-state index contributed by atoms with van der Waals surface area (Å²) in [5, 5.41) is 0.677. The molecule has 10 heteroatoms. The van der Waals surface area contributed by atoms with E-state index in [1.165, 1.54) is 42.0 Å². The fraction of sp³-hybridized carbons (Fsp3) is 0.348. The fourth-order valence-corrected chi connectivity index (χ4v) is 4.67. The van der Waals surface area contributed by atoms with Crippen LogP contribution in [0.3, 0.4) is 0 Å². The normalized spacial score (nSPS) is 14.5. The van der Waals surface area contributed by atoms with Gasteiger partial charge in [-0.05, 0) is 30.3 Å². The van der Waals surface area contributed by atoms with Gasteiger partial charge in [0.05, 0.1) is 36.8 Å². The van der Waals surface area contributed by atoms with Crippen LogP contribution in [0.25, 0.3) is 10.9 Å². The summed E-state index contributed by atoms with van der Waals surface area (Å²) in [6.45, 7) is 3.77. The second-order valence-electron chi connectivity index (χ2n) is 7.52. The zero-order valence-corrected chi connectivity index (χ0v) is 18.9. The molecule has 0 aliphatic carbocycles. The highest BCUT2D eigenvalue weighted by Crippen LogP contribution is 2.25. The number of thioether (sulfide) groups is 1. The number of carbonyl (C=O) groups is 1. The van der Waals surface area contributed by atoms with Crippen molar-refractivity contribution in [2.75, 3.05) is 40.0 Å². The molecule has 1 aromatic heterocycles. The Morgan fingerprint density at radius 3 is 2.58 bits per heavy atom. The summed E-state index contributed by atoms with van der Waals surface area (Å²) in [5.41, 5.74) is 0.224. The molecule has 3 aromatic rings. The van der Waals surface area contributed by atoms with Crippen molar-refractivity contribution in [1.82, 2.24) is 14.5 Å². The van der Waals surface area contributed by atoms with Gasteiger partial charge in [0.2, 0.25) is 0 Å². The number of fused-ring (bicyclic) bond motifs is 1. The number of aromatic nitrogens is 2. The summed E-state index contributed by atoms with van der Waals surface area (Å²) in [4.78, 5) is 32.0. The SMILES string of the molecule is COC(=O)c1ccc2c(=O)n(CCN3CCOCC3)c(SCc3c(F)cccc3F)nc2c1. The molecule has 0 unspecified atom stereocenters. The quantitative estimate of drug-likeness (QED) is 0.295. The van der Waals surface area contributed by atoms with Crippen LogP contribution >= 0.6 is 11.8 Å². The van der Waals surface area contributed by atoms with Crippen LogP contribution in [-0.2, 0) is 21.8 Å². The number of hydrogen-bond acceptors (Lipinski definition) is 7. The molecule has 7 nitrogen and oxygen atoms in total. The third-order valence-electron chi connectivity index (χ3n) is 5.49. The maximum Gasteiger partial charge on any atom is 0.337 e. The third-order valence-corrected chi connectivity index (χ3v) is 6.50. The van der Waals surface area contributed by atoms with Crippen molar-refractivity contribution in [3.05, 3.63) is 69.5 Å². The lowest BCUT2D eigenvalue weighted by molar-refractivity contribution is 0.0359. The number of halogens is 2. The summed E-state index contributed by atoms with van der Waals surface area (Å²) in [6.07, 6.45) is 0. The number of hydrogen-bond donors (Lipinski definition) is 0. The molecule has 0 bridgehead atoms. The first-order valence-corrected chi connectivity index (χ1v) is 11.4. The van der Waals surface area contributed by atoms with Gasteiger partial charge in [0.25, 0.3) is 5.56 Å². The van der Waals surface area contributed by atoms with E-state index in [0.29, 0.717) is 42.4 Å². The van der Waals surface area contributed by atoms with Gasteiger partial charge in [-0.25, -0.2) is 18.6 Å². The van der Waals surface area contributed by atoms with Crippen molar-refractivity contribution in [1.29, 1.82) is 0 Å². The van der Waals surface area contributed by atoms with Crippen LogP contribution in [0.5, 0.6) is 0 Å². The van der Waals surface area contributed by atoms with Crippen molar-refractivity contribution in [3.8, 4) is 0 Å². The van der Waals surface area contributed by atoms with Crippen LogP contribution < -0.4 is 5.56 Å². The molecule has 0 radical (unpaired) electrons. The highest BCUT2D eigenvalue weighted by Gasteiger charge is 2.18. The minimum Gasteiger partial charge on any atom is -0.465 e. The van der Waals surface area contributed by atoms with Crippen LogP contribution in [0, 0.1) is 11.6 Å². The van der Waals surface area contributed by atoms with Gasteiger partial charge in [0.15, 0.2) is 5.16 Å². The molecule has 0 amide bonds. The van der Waals surface area contributed by atoms with Crippen molar-refractivity contribution in [2.45, 2.75) is 17.5 Å². The fourth-order valence-electron chi connectivity index (χ4n) is 3.63. The molecule has 0 atom stereocenters. The minimum atomic E-state index is -0.654. The molecule has 0 saturated carbocycles. The van der Waals surface area contributed by atoms with E-state index in [1.54, 1.807) is 6.07 Å². The monoisotopic (exact) mass is 475 g/mol. The number of morpholine rings is 1. The van der Waals surface area contributed by atoms with Gasteiger partial charge in [-0.1, -0.05) is 17.8 Å². The zero-order valence-electron chi connectivity index (χ0n) is 18.1. The summed E-state index contributed by atoms with van der Waals surface area (Å²) in [5.74, 6) is -1.89. The molecule has 2 heterocycles. The molecular formula is C23H23F2N3O4S. The van der Waals surface area contributed by atoms with Gasteiger partial charge >= 0.3 is 5.97 Å². The molecule has 33 heavy (non-hydrogen) atoms. The Bertz CT molecular complexity index is 1210. The van der Waals surface area contributed by atoms with Crippen molar-refractivity contribution in [2.24, 2.45) is 0 Å². The van der Waals surface area contributed by atoms with E-state index >= 15 is 0 Å². The van der Waals surface area contributed by atoms with E-state index in [1.807, 2.05) is 0 Å². The number of benzene rings is 2. The van der Waals surface area contributed by atoms with Crippen molar-refractivity contribution < 1.29 is 23.0 Å². The lowest BCUT2D eigenvalue weighted by Gasteiger charge is -2.27. The number of esters is 1.